The van der Waals surface area contributed by atoms with Gasteiger partial charge in [-0.25, -0.2) is 4.39 Å². The Morgan fingerprint density at radius 1 is 1.13 bits per heavy atom. The number of ether oxygens (including phenoxy) is 3. The standard InChI is InChI=1S/C11H11FO3/c12-10-3-1-2-9(4-10)11-13-5-8(6-14-11)7-15-11/h1-4,8H,5-7H2. The fourth-order valence-corrected chi connectivity index (χ4v) is 1.88. The number of fused-ring (bicyclic) bond motifs is 3. The van der Waals surface area contributed by atoms with E-state index in [4.69, 9.17) is 14.2 Å². The first kappa shape index (κ1) is 9.27. The van der Waals surface area contributed by atoms with Crippen LogP contribution in [0.3, 0.4) is 0 Å². The lowest BCUT2D eigenvalue weighted by atomic mass is 10.1. The molecule has 1 aromatic rings. The molecule has 0 atom stereocenters. The lowest BCUT2D eigenvalue weighted by Gasteiger charge is -2.45. The molecular formula is C11H11FO3. The van der Waals surface area contributed by atoms with Crippen LogP contribution in [-0.4, -0.2) is 19.8 Å². The molecule has 3 aliphatic heterocycles. The highest BCUT2D eigenvalue weighted by molar-refractivity contribution is 5.20. The largest absolute Gasteiger partial charge is 0.323 e. The predicted octanol–water partition coefficient (Wildman–Crippen LogP) is 1.63. The van der Waals surface area contributed by atoms with Gasteiger partial charge in [-0.05, 0) is 12.1 Å². The molecule has 2 bridgehead atoms. The van der Waals surface area contributed by atoms with Crippen LogP contribution in [0.25, 0.3) is 0 Å². The van der Waals surface area contributed by atoms with Crippen molar-refractivity contribution in [3.63, 3.8) is 0 Å². The molecule has 0 aromatic heterocycles. The van der Waals surface area contributed by atoms with E-state index in [1.165, 1.54) is 12.1 Å². The van der Waals surface area contributed by atoms with E-state index in [1.807, 2.05) is 0 Å². The summed E-state index contributed by atoms with van der Waals surface area (Å²) >= 11 is 0. The summed E-state index contributed by atoms with van der Waals surface area (Å²) in [5.74, 6) is -1.18. The van der Waals surface area contributed by atoms with E-state index in [1.54, 1.807) is 12.1 Å². The van der Waals surface area contributed by atoms with Crippen LogP contribution < -0.4 is 0 Å². The van der Waals surface area contributed by atoms with Gasteiger partial charge in [-0.2, -0.15) is 0 Å². The van der Waals surface area contributed by atoms with Gasteiger partial charge in [-0.15, -0.1) is 0 Å². The summed E-state index contributed by atoms with van der Waals surface area (Å²) in [6.45, 7) is 1.82. The van der Waals surface area contributed by atoms with Gasteiger partial charge in [-0.1, -0.05) is 12.1 Å². The third-order valence-corrected chi connectivity index (χ3v) is 2.71. The molecule has 0 spiro atoms. The molecule has 0 saturated carbocycles. The molecule has 0 aliphatic carbocycles. The van der Waals surface area contributed by atoms with E-state index in [-0.39, 0.29) is 5.82 Å². The monoisotopic (exact) mass is 210 g/mol. The SMILES string of the molecule is Fc1cccc(C23OCC(CO2)CO3)c1. The molecule has 3 aliphatic rings. The Kier molecular flexibility index (Phi) is 2.02. The maximum absolute atomic E-state index is 13.1. The van der Waals surface area contributed by atoms with Crippen molar-refractivity contribution in [1.29, 1.82) is 0 Å². The molecule has 3 nitrogen and oxygen atoms in total. The van der Waals surface area contributed by atoms with Gasteiger partial charge in [0.05, 0.1) is 19.8 Å². The number of hydrogen-bond acceptors (Lipinski definition) is 3. The zero-order valence-electron chi connectivity index (χ0n) is 8.11. The first-order valence-corrected chi connectivity index (χ1v) is 4.96. The fraction of sp³-hybridized carbons (Fsp3) is 0.455. The number of benzene rings is 1. The van der Waals surface area contributed by atoms with Crippen molar-refractivity contribution in [2.75, 3.05) is 19.8 Å². The second-order valence-electron chi connectivity index (χ2n) is 3.87. The Labute approximate surface area is 86.8 Å². The second-order valence-corrected chi connectivity index (χ2v) is 3.87. The lowest BCUT2D eigenvalue weighted by molar-refractivity contribution is -0.460. The van der Waals surface area contributed by atoms with Gasteiger partial charge in [0.25, 0.3) is 0 Å². The molecule has 4 rings (SSSR count). The molecule has 0 N–H and O–H groups in total. The van der Waals surface area contributed by atoms with E-state index >= 15 is 0 Å². The highest BCUT2D eigenvalue weighted by Crippen LogP contribution is 2.38. The Morgan fingerprint density at radius 2 is 1.80 bits per heavy atom. The van der Waals surface area contributed by atoms with Gasteiger partial charge in [-0.3, -0.25) is 0 Å². The topological polar surface area (TPSA) is 27.7 Å². The summed E-state index contributed by atoms with van der Waals surface area (Å²) < 4.78 is 29.6. The highest BCUT2D eigenvalue weighted by atomic mass is 19.1. The molecule has 0 radical (unpaired) electrons. The third kappa shape index (κ3) is 1.45. The molecule has 15 heavy (non-hydrogen) atoms. The van der Waals surface area contributed by atoms with Crippen molar-refractivity contribution < 1.29 is 18.6 Å². The van der Waals surface area contributed by atoms with Crippen LogP contribution in [0.1, 0.15) is 5.56 Å². The van der Waals surface area contributed by atoms with Crippen LogP contribution in [-0.2, 0) is 20.2 Å². The quantitative estimate of drug-likeness (QED) is 0.705. The predicted molar refractivity (Wildman–Crippen MR) is 49.4 cm³/mol. The van der Waals surface area contributed by atoms with Crippen molar-refractivity contribution in [1.82, 2.24) is 0 Å². The molecular weight excluding hydrogens is 199 g/mol. The van der Waals surface area contributed by atoms with Crippen molar-refractivity contribution in [2.24, 2.45) is 5.92 Å². The van der Waals surface area contributed by atoms with Crippen LogP contribution in [0.5, 0.6) is 0 Å². The van der Waals surface area contributed by atoms with Gasteiger partial charge in [0.1, 0.15) is 5.82 Å². The maximum Gasteiger partial charge on any atom is 0.312 e. The summed E-state index contributed by atoms with van der Waals surface area (Å²) in [7, 11) is 0. The summed E-state index contributed by atoms with van der Waals surface area (Å²) in [6.07, 6.45) is 0. The molecule has 3 fully saturated rings. The second kappa shape index (κ2) is 3.27. The Hall–Kier alpha value is -0.970. The zero-order chi connectivity index (χ0) is 10.3. The maximum atomic E-state index is 13.1. The van der Waals surface area contributed by atoms with Gasteiger partial charge >= 0.3 is 5.97 Å². The molecule has 80 valence electrons. The Morgan fingerprint density at radius 3 is 2.40 bits per heavy atom. The number of halogens is 1. The fourth-order valence-electron chi connectivity index (χ4n) is 1.88. The van der Waals surface area contributed by atoms with Crippen molar-refractivity contribution >= 4 is 0 Å². The Bertz CT molecular complexity index is 358. The minimum atomic E-state index is -1.17. The molecule has 0 amide bonds. The zero-order valence-corrected chi connectivity index (χ0v) is 8.11. The average Bonchev–Trinajstić information content (AvgIpc) is 2.31. The first-order chi connectivity index (χ1) is 7.28. The highest BCUT2D eigenvalue weighted by Gasteiger charge is 2.46. The number of hydrogen-bond donors (Lipinski definition) is 0. The van der Waals surface area contributed by atoms with E-state index in [0.29, 0.717) is 31.3 Å². The molecule has 1 aromatic carbocycles. The van der Waals surface area contributed by atoms with Crippen LogP contribution in [0.15, 0.2) is 24.3 Å². The van der Waals surface area contributed by atoms with Crippen molar-refractivity contribution in [2.45, 2.75) is 5.97 Å². The van der Waals surface area contributed by atoms with Gasteiger partial charge < -0.3 is 14.2 Å². The molecule has 4 heteroatoms. The molecule has 3 heterocycles. The van der Waals surface area contributed by atoms with Crippen molar-refractivity contribution in [3.05, 3.63) is 35.6 Å². The smallest absolute Gasteiger partial charge is 0.312 e. The minimum absolute atomic E-state index is 0.306. The molecule has 3 saturated heterocycles. The van der Waals surface area contributed by atoms with Crippen LogP contribution in [0, 0.1) is 11.7 Å². The van der Waals surface area contributed by atoms with Gasteiger partial charge in [0.15, 0.2) is 0 Å². The summed E-state index contributed by atoms with van der Waals surface area (Å²) in [6, 6.07) is 6.13. The van der Waals surface area contributed by atoms with Gasteiger partial charge in [0.2, 0.25) is 0 Å². The normalized spacial score (nSPS) is 34.3. The first-order valence-electron chi connectivity index (χ1n) is 4.96. The summed E-state index contributed by atoms with van der Waals surface area (Å²) in [5, 5.41) is 0. The van der Waals surface area contributed by atoms with Crippen molar-refractivity contribution in [3.8, 4) is 0 Å². The van der Waals surface area contributed by atoms with E-state index < -0.39 is 5.97 Å². The summed E-state index contributed by atoms with van der Waals surface area (Å²) in [5.41, 5.74) is 0.584. The molecule has 0 unspecified atom stereocenters. The van der Waals surface area contributed by atoms with E-state index in [2.05, 4.69) is 0 Å². The van der Waals surface area contributed by atoms with Crippen LogP contribution in [0.2, 0.25) is 0 Å². The summed E-state index contributed by atoms with van der Waals surface area (Å²) in [4.78, 5) is 0. The Balaban J connectivity index is 1.97. The van der Waals surface area contributed by atoms with E-state index in [9.17, 15) is 4.39 Å². The third-order valence-electron chi connectivity index (χ3n) is 2.71. The van der Waals surface area contributed by atoms with E-state index in [0.717, 1.165) is 0 Å². The lowest BCUT2D eigenvalue weighted by Crippen LogP contribution is -2.51. The minimum Gasteiger partial charge on any atom is -0.323 e. The van der Waals surface area contributed by atoms with Crippen LogP contribution >= 0.6 is 0 Å². The average molecular weight is 210 g/mol. The number of rotatable bonds is 1. The van der Waals surface area contributed by atoms with Crippen LogP contribution in [0.4, 0.5) is 4.39 Å². The van der Waals surface area contributed by atoms with Gasteiger partial charge in [0, 0.05) is 11.5 Å².